The topological polar surface area (TPSA) is 26.3 Å². The number of ether oxygens (including phenoxy) is 1. The number of carbonyl (C=O) groups is 1. The Hall–Kier alpha value is -1.09. The molecule has 2 nitrogen and oxygen atoms in total. The average Bonchev–Trinajstić information content (AvgIpc) is 2.18. The molecule has 0 aliphatic heterocycles. The molecule has 1 radical (unpaired) electrons. The van der Waals surface area contributed by atoms with Crippen LogP contribution in [0.2, 0.25) is 0 Å². The molecule has 0 atom stereocenters. The van der Waals surface area contributed by atoms with Gasteiger partial charge in [-0.3, -0.25) is 0 Å². The maximum Gasteiger partial charge on any atom is 0.338 e. The van der Waals surface area contributed by atoms with Crippen LogP contribution < -0.4 is 0 Å². The van der Waals surface area contributed by atoms with Gasteiger partial charge in [0.2, 0.25) is 0 Å². The first-order chi connectivity index (χ1) is 6.74. The van der Waals surface area contributed by atoms with Crippen molar-refractivity contribution >= 4 is 18.6 Å². The van der Waals surface area contributed by atoms with Gasteiger partial charge in [0.15, 0.2) is 0 Å². The normalized spacial score (nSPS) is 9.79. The van der Waals surface area contributed by atoms with Gasteiger partial charge in [-0.25, -0.2) is 4.79 Å². The number of hydrogen-bond acceptors (Lipinski definition) is 2. The van der Waals surface area contributed by atoms with Crippen LogP contribution in [0.3, 0.4) is 0 Å². The summed E-state index contributed by atoms with van der Waals surface area (Å²) in [6, 6.07) is 6.91. The fraction of sp³-hybridized carbons (Fsp3) is 0.364. The SMILES string of the molecule is CCCCOC(=O)c1cccc([S])c1. The summed E-state index contributed by atoms with van der Waals surface area (Å²) in [6.45, 7) is 2.54. The first-order valence-corrected chi connectivity index (χ1v) is 5.09. The largest absolute Gasteiger partial charge is 0.462 e. The number of hydrogen-bond donors (Lipinski definition) is 0. The van der Waals surface area contributed by atoms with Gasteiger partial charge in [-0.15, -0.1) is 0 Å². The van der Waals surface area contributed by atoms with E-state index in [2.05, 4.69) is 6.92 Å². The van der Waals surface area contributed by atoms with Crippen molar-refractivity contribution < 1.29 is 9.53 Å². The van der Waals surface area contributed by atoms with Gasteiger partial charge in [0, 0.05) is 4.90 Å². The van der Waals surface area contributed by atoms with E-state index in [1.165, 1.54) is 0 Å². The summed E-state index contributed by atoms with van der Waals surface area (Å²) in [4.78, 5) is 12.1. The maximum absolute atomic E-state index is 11.4. The molecule has 0 heterocycles. The smallest absolute Gasteiger partial charge is 0.338 e. The quantitative estimate of drug-likeness (QED) is 0.562. The van der Waals surface area contributed by atoms with Crippen LogP contribution >= 0.6 is 12.6 Å². The van der Waals surface area contributed by atoms with E-state index in [-0.39, 0.29) is 5.97 Å². The van der Waals surface area contributed by atoms with Crippen molar-refractivity contribution in [3.63, 3.8) is 0 Å². The Morgan fingerprint density at radius 3 is 2.93 bits per heavy atom. The third kappa shape index (κ3) is 3.34. The average molecular weight is 209 g/mol. The molecule has 1 aromatic rings. The highest BCUT2D eigenvalue weighted by Gasteiger charge is 2.06. The summed E-state index contributed by atoms with van der Waals surface area (Å²) in [5.41, 5.74) is 0.536. The zero-order valence-electron chi connectivity index (χ0n) is 8.16. The van der Waals surface area contributed by atoms with Gasteiger partial charge in [0.25, 0.3) is 0 Å². The third-order valence-electron chi connectivity index (χ3n) is 1.80. The zero-order chi connectivity index (χ0) is 10.4. The van der Waals surface area contributed by atoms with Gasteiger partial charge in [0.05, 0.1) is 12.2 Å². The summed E-state index contributed by atoms with van der Waals surface area (Å²) in [6.07, 6.45) is 1.92. The minimum Gasteiger partial charge on any atom is -0.462 e. The molecule has 0 N–H and O–H groups in total. The van der Waals surface area contributed by atoms with E-state index in [9.17, 15) is 4.79 Å². The van der Waals surface area contributed by atoms with Gasteiger partial charge < -0.3 is 4.74 Å². The minimum atomic E-state index is -0.287. The molecular formula is C11H13O2S. The summed E-state index contributed by atoms with van der Waals surface area (Å²) in [5.74, 6) is -0.287. The van der Waals surface area contributed by atoms with Crippen molar-refractivity contribution in [1.82, 2.24) is 0 Å². The molecule has 0 fully saturated rings. The van der Waals surface area contributed by atoms with Gasteiger partial charge in [-0.1, -0.05) is 32.0 Å². The van der Waals surface area contributed by atoms with E-state index in [0.29, 0.717) is 17.1 Å². The van der Waals surface area contributed by atoms with Crippen LogP contribution in [0.5, 0.6) is 0 Å². The van der Waals surface area contributed by atoms with E-state index < -0.39 is 0 Å². The van der Waals surface area contributed by atoms with Crippen LogP contribution in [-0.4, -0.2) is 12.6 Å². The summed E-state index contributed by atoms with van der Waals surface area (Å²) in [5, 5.41) is 0. The molecule has 14 heavy (non-hydrogen) atoms. The fourth-order valence-electron chi connectivity index (χ4n) is 1.02. The van der Waals surface area contributed by atoms with E-state index in [1.54, 1.807) is 24.3 Å². The van der Waals surface area contributed by atoms with Gasteiger partial charge in [0.1, 0.15) is 0 Å². The monoisotopic (exact) mass is 209 g/mol. The minimum absolute atomic E-state index is 0.287. The number of rotatable bonds is 4. The van der Waals surface area contributed by atoms with Gasteiger partial charge in [-0.05, 0) is 24.6 Å². The Morgan fingerprint density at radius 2 is 2.29 bits per heavy atom. The lowest BCUT2D eigenvalue weighted by molar-refractivity contribution is 0.0499. The Balaban J connectivity index is 2.52. The first-order valence-electron chi connectivity index (χ1n) is 4.68. The van der Waals surface area contributed by atoms with Crippen molar-refractivity contribution in [1.29, 1.82) is 0 Å². The molecule has 0 saturated heterocycles. The fourth-order valence-corrected chi connectivity index (χ4v) is 1.22. The summed E-state index contributed by atoms with van der Waals surface area (Å²) < 4.78 is 5.04. The molecule has 0 unspecified atom stereocenters. The summed E-state index contributed by atoms with van der Waals surface area (Å²) >= 11 is 4.95. The standard InChI is InChI=1S/C11H13O2S/c1-2-3-7-13-11(12)9-5-4-6-10(14)8-9/h4-6,8H,2-3,7H2,1H3. The first kappa shape index (κ1) is 11.0. The molecular weight excluding hydrogens is 196 g/mol. The molecule has 0 spiro atoms. The predicted octanol–water partition coefficient (Wildman–Crippen LogP) is 3.20. The van der Waals surface area contributed by atoms with Crippen LogP contribution in [0.4, 0.5) is 0 Å². The second kappa shape index (κ2) is 5.60. The second-order valence-corrected chi connectivity index (χ2v) is 3.49. The van der Waals surface area contributed by atoms with Crippen LogP contribution in [0.25, 0.3) is 0 Å². The molecule has 1 rings (SSSR count). The van der Waals surface area contributed by atoms with Gasteiger partial charge in [-0.2, -0.15) is 0 Å². The van der Waals surface area contributed by atoms with Crippen molar-refractivity contribution in [3.8, 4) is 0 Å². The molecule has 0 bridgehead atoms. The number of carbonyl (C=O) groups excluding carboxylic acids is 1. The molecule has 75 valence electrons. The maximum atomic E-state index is 11.4. The van der Waals surface area contributed by atoms with Crippen LogP contribution in [0.1, 0.15) is 30.1 Å². The van der Waals surface area contributed by atoms with Gasteiger partial charge >= 0.3 is 5.97 Å². The Bertz CT molecular complexity index is 310. The van der Waals surface area contributed by atoms with Crippen molar-refractivity contribution in [2.24, 2.45) is 0 Å². The molecule has 0 aromatic heterocycles. The van der Waals surface area contributed by atoms with Crippen molar-refractivity contribution in [2.75, 3.05) is 6.61 Å². The lowest BCUT2D eigenvalue weighted by Gasteiger charge is -2.03. The Morgan fingerprint density at radius 1 is 1.50 bits per heavy atom. The number of benzene rings is 1. The number of esters is 1. The van der Waals surface area contributed by atoms with Crippen molar-refractivity contribution in [2.45, 2.75) is 24.7 Å². The molecule has 0 saturated carbocycles. The van der Waals surface area contributed by atoms with E-state index >= 15 is 0 Å². The molecule has 0 aliphatic rings. The zero-order valence-corrected chi connectivity index (χ0v) is 8.97. The second-order valence-electron chi connectivity index (χ2n) is 3.02. The molecule has 1 aromatic carbocycles. The highest BCUT2D eigenvalue weighted by Crippen LogP contribution is 2.10. The lowest BCUT2D eigenvalue weighted by Crippen LogP contribution is -2.06. The molecule has 0 aliphatic carbocycles. The van der Waals surface area contributed by atoms with Crippen LogP contribution in [-0.2, 0) is 4.74 Å². The Kier molecular flexibility index (Phi) is 4.40. The highest BCUT2D eigenvalue weighted by molar-refractivity contribution is 7.80. The van der Waals surface area contributed by atoms with E-state index in [0.717, 1.165) is 12.8 Å². The van der Waals surface area contributed by atoms with E-state index in [1.807, 2.05) is 0 Å². The predicted molar refractivity (Wildman–Crippen MR) is 57.5 cm³/mol. The summed E-state index contributed by atoms with van der Waals surface area (Å²) in [7, 11) is 0. The van der Waals surface area contributed by atoms with E-state index in [4.69, 9.17) is 17.4 Å². The lowest BCUT2D eigenvalue weighted by atomic mass is 10.2. The van der Waals surface area contributed by atoms with Crippen LogP contribution in [0, 0.1) is 0 Å². The van der Waals surface area contributed by atoms with Crippen LogP contribution in [0.15, 0.2) is 29.2 Å². The third-order valence-corrected chi connectivity index (χ3v) is 2.05. The van der Waals surface area contributed by atoms with Crippen molar-refractivity contribution in [3.05, 3.63) is 29.8 Å². The Labute approximate surface area is 89.7 Å². The molecule has 3 heteroatoms. The molecule has 0 amide bonds. The highest BCUT2D eigenvalue weighted by atomic mass is 32.1. The number of unbranched alkanes of at least 4 members (excludes halogenated alkanes) is 1.